The van der Waals surface area contributed by atoms with Crippen molar-refractivity contribution in [3.05, 3.63) is 48.0 Å². The Balaban J connectivity index is 2.28. The Morgan fingerprint density at radius 1 is 1.08 bits per heavy atom. The summed E-state index contributed by atoms with van der Waals surface area (Å²) in [6.07, 6.45) is 0. The van der Waals surface area contributed by atoms with Crippen LogP contribution in [0.4, 0.5) is 11.4 Å². The fourth-order valence-electron chi connectivity index (χ4n) is 2.28. The van der Waals surface area contributed by atoms with Crippen LogP contribution in [0.2, 0.25) is 0 Å². The number of sulfonamides is 1. The van der Waals surface area contributed by atoms with Gasteiger partial charge in [-0.05, 0) is 35.7 Å². The van der Waals surface area contributed by atoms with Gasteiger partial charge in [-0.3, -0.25) is 9.52 Å². The van der Waals surface area contributed by atoms with Crippen molar-refractivity contribution in [1.29, 1.82) is 0 Å². The van der Waals surface area contributed by atoms with E-state index < -0.39 is 10.0 Å². The second kappa shape index (κ2) is 7.57. The molecule has 2 rings (SSSR count). The predicted octanol–water partition coefficient (Wildman–Crippen LogP) is 3.58. The molecular weight excluding hydrogens is 340 g/mol. The summed E-state index contributed by atoms with van der Waals surface area (Å²) >= 11 is 0. The maximum absolute atomic E-state index is 12.6. The maximum atomic E-state index is 12.6. The topological polar surface area (TPSA) is 84.5 Å². The van der Waals surface area contributed by atoms with Crippen LogP contribution < -0.4 is 14.8 Å². The number of carbonyl (C=O) groups is 1. The Kier molecular flexibility index (Phi) is 5.69. The molecule has 0 radical (unpaired) electrons. The zero-order valence-electron chi connectivity index (χ0n) is 14.7. The van der Waals surface area contributed by atoms with Crippen molar-refractivity contribution in [3.63, 3.8) is 0 Å². The molecule has 0 fully saturated rings. The number of nitrogens with one attached hydrogen (secondary N) is 2. The van der Waals surface area contributed by atoms with Gasteiger partial charge in [0.1, 0.15) is 5.75 Å². The number of hydrogen-bond donors (Lipinski definition) is 2. The first-order valence-corrected chi connectivity index (χ1v) is 9.29. The first-order chi connectivity index (χ1) is 11.7. The number of anilines is 2. The average molecular weight is 362 g/mol. The number of rotatable bonds is 6. The second-order valence-corrected chi connectivity index (χ2v) is 7.61. The van der Waals surface area contributed by atoms with Gasteiger partial charge in [0.25, 0.3) is 10.0 Å². The fraction of sp³-hybridized carbons (Fsp3) is 0.278. The zero-order valence-corrected chi connectivity index (χ0v) is 15.5. The number of ether oxygens (including phenoxy) is 1. The van der Waals surface area contributed by atoms with Crippen LogP contribution in [0.5, 0.6) is 5.75 Å². The molecule has 0 aliphatic rings. The normalized spacial score (nSPS) is 11.2. The molecule has 134 valence electrons. The third kappa shape index (κ3) is 4.73. The highest BCUT2D eigenvalue weighted by molar-refractivity contribution is 7.92. The van der Waals surface area contributed by atoms with Crippen molar-refractivity contribution < 1.29 is 17.9 Å². The van der Waals surface area contributed by atoms with E-state index in [1.807, 2.05) is 12.1 Å². The van der Waals surface area contributed by atoms with Gasteiger partial charge < -0.3 is 10.1 Å². The van der Waals surface area contributed by atoms with Crippen molar-refractivity contribution >= 4 is 27.3 Å². The molecular formula is C18H22N2O4S. The van der Waals surface area contributed by atoms with Gasteiger partial charge in [-0.1, -0.05) is 26.0 Å². The lowest BCUT2D eigenvalue weighted by Gasteiger charge is -2.13. The van der Waals surface area contributed by atoms with E-state index in [4.69, 9.17) is 4.74 Å². The van der Waals surface area contributed by atoms with E-state index in [1.54, 1.807) is 12.1 Å². The quantitative estimate of drug-likeness (QED) is 0.823. The lowest BCUT2D eigenvalue weighted by atomic mass is 10.0. The highest BCUT2D eigenvalue weighted by atomic mass is 32.2. The van der Waals surface area contributed by atoms with Crippen molar-refractivity contribution in [2.75, 3.05) is 17.1 Å². The van der Waals surface area contributed by atoms with Crippen molar-refractivity contribution in [2.45, 2.75) is 31.6 Å². The number of hydrogen-bond acceptors (Lipinski definition) is 4. The lowest BCUT2D eigenvalue weighted by Crippen LogP contribution is -2.14. The molecule has 0 aromatic heterocycles. The average Bonchev–Trinajstić information content (AvgIpc) is 2.54. The zero-order chi connectivity index (χ0) is 18.6. The van der Waals surface area contributed by atoms with Gasteiger partial charge in [-0.25, -0.2) is 8.42 Å². The summed E-state index contributed by atoms with van der Waals surface area (Å²) in [6.45, 7) is 5.51. The summed E-state index contributed by atoms with van der Waals surface area (Å²) < 4.78 is 32.8. The van der Waals surface area contributed by atoms with Crippen LogP contribution in [0.3, 0.4) is 0 Å². The summed E-state index contributed by atoms with van der Waals surface area (Å²) in [5.41, 5.74) is 2.02. The molecule has 0 saturated heterocycles. The largest absolute Gasteiger partial charge is 0.495 e. The molecule has 0 aliphatic carbocycles. The van der Waals surface area contributed by atoms with Gasteiger partial charge in [0.2, 0.25) is 5.91 Å². The molecule has 7 heteroatoms. The van der Waals surface area contributed by atoms with E-state index in [1.165, 1.54) is 32.2 Å². The molecule has 2 aromatic rings. The van der Waals surface area contributed by atoms with Gasteiger partial charge in [-0.2, -0.15) is 0 Å². The third-order valence-corrected chi connectivity index (χ3v) is 5.00. The Hall–Kier alpha value is -2.54. The molecule has 2 N–H and O–H groups in total. The molecule has 25 heavy (non-hydrogen) atoms. The molecule has 0 bridgehead atoms. The van der Waals surface area contributed by atoms with Crippen LogP contribution >= 0.6 is 0 Å². The molecule has 1 amide bonds. The minimum absolute atomic E-state index is 0.0476. The van der Waals surface area contributed by atoms with Gasteiger partial charge in [0.05, 0.1) is 17.7 Å². The number of methoxy groups -OCH3 is 1. The number of carbonyl (C=O) groups excluding carboxylic acids is 1. The third-order valence-electron chi connectivity index (χ3n) is 3.62. The van der Waals surface area contributed by atoms with Crippen LogP contribution in [0.1, 0.15) is 32.3 Å². The summed E-state index contributed by atoms with van der Waals surface area (Å²) in [6, 6.07) is 11.5. The molecule has 0 unspecified atom stereocenters. The maximum Gasteiger partial charge on any atom is 0.262 e. The van der Waals surface area contributed by atoms with Crippen LogP contribution in [-0.2, 0) is 14.8 Å². The van der Waals surface area contributed by atoms with Crippen LogP contribution in [-0.4, -0.2) is 21.4 Å². The summed E-state index contributed by atoms with van der Waals surface area (Å²) in [5, 5.41) is 2.59. The van der Waals surface area contributed by atoms with Gasteiger partial charge in [0, 0.05) is 18.7 Å². The molecule has 0 saturated carbocycles. The number of amides is 1. The molecule has 0 spiro atoms. The van der Waals surface area contributed by atoms with Crippen molar-refractivity contribution in [2.24, 2.45) is 0 Å². The van der Waals surface area contributed by atoms with E-state index in [0.29, 0.717) is 17.3 Å². The Morgan fingerprint density at radius 3 is 2.24 bits per heavy atom. The van der Waals surface area contributed by atoms with E-state index in [2.05, 4.69) is 23.9 Å². The Morgan fingerprint density at radius 2 is 1.72 bits per heavy atom. The molecule has 0 heterocycles. The van der Waals surface area contributed by atoms with Crippen molar-refractivity contribution in [3.8, 4) is 5.75 Å². The first-order valence-electron chi connectivity index (χ1n) is 7.81. The van der Waals surface area contributed by atoms with E-state index >= 15 is 0 Å². The van der Waals surface area contributed by atoms with E-state index in [0.717, 1.165) is 5.56 Å². The SMILES string of the molecule is COc1cc(S(=O)(=O)Nc2ccc(C(C)C)cc2)ccc1NC(C)=O. The summed E-state index contributed by atoms with van der Waals surface area (Å²) in [5.74, 6) is 0.377. The monoisotopic (exact) mass is 362 g/mol. The minimum atomic E-state index is -3.77. The highest BCUT2D eigenvalue weighted by Crippen LogP contribution is 2.28. The Labute approximate surface area is 148 Å². The molecule has 0 atom stereocenters. The highest BCUT2D eigenvalue weighted by Gasteiger charge is 2.17. The van der Waals surface area contributed by atoms with Crippen LogP contribution in [0, 0.1) is 0 Å². The van der Waals surface area contributed by atoms with Crippen LogP contribution in [0.25, 0.3) is 0 Å². The standard InChI is InChI=1S/C18H22N2O4S/c1-12(2)14-5-7-15(8-6-14)20-25(22,23)16-9-10-17(19-13(3)21)18(11-16)24-4/h5-12,20H,1-4H3,(H,19,21). The summed E-state index contributed by atoms with van der Waals surface area (Å²) in [7, 11) is -2.36. The number of benzene rings is 2. The molecule has 0 aliphatic heterocycles. The smallest absolute Gasteiger partial charge is 0.262 e. The fourth-order valence-corrected chi connectivity index (χ4v) is 3.36. The summed E-state index contributed by atoms with van der Waals surface area (Å²) in [4.78, 5) is 11.2. The van der Waals surface area contributed by atoms with Crippen LogP contribution in [0.15, 0.2) is 47.4 Å². The Bertz CT molecular complexity index is 859. The van der Waals surface area contributed by atoms with E-state index in [-0.39, 0.29) is 16.6 Å². The van der Waals surface area contributed by atoms with Gasteiger partial charge in [-0.15, -0.1) is 0 Å². The van der Waals surface area contributed by atoms with E-state index in [9.17, 15) is 13.2 Å². The van der Waals surface area contributed by atoms with Gasteiger partial charge >= 0.3 is 0 Å². The van der Waals surface area contributed by atoms with Crippen molar-refractivity contribution in [1.82, 2.24) is 0 Å². The minimum Gasteiger partial charge on any atom is -0.495 e. The second-order valence-electron chi connectivity index (χ2n) is 5.93. The molecule has 2 aromatic carbocycles. The lowest BCUT2D eigenvalue weighted by molar-refractivity contribution is -0.114. The predicted molar refractivity (Wildman–Crippen MR) is 98.6 cm³/mol. The first kappa shape index (κ1) is 18.8. The van der Waals surface area contributed by atoms with Gasteiger partial charge in [0.15, 0.2) is 0 Å². The molecule has 6 nitrogen and oxygen atoms in total.